The van der Waals surface area contributed by atoms with Crippen LogP contribution < -0.4 is 5.32 Å². The molecule has 0 aliphatic heterocycles. The maximum absolute atomic E-state index is 13.9. The second-order valence-corrected chi connectivity index (χ2v) is 6.84. The van der Waals surface area contributed by atoms with Gasteiger partial charge in [-0.3, -0.25) is 0 Å². The van der Waals surface area contributed by atoms with Gasteiger partial charge in [-0.05, 0) is 41.2 Å². The predicted octanol–water partition coefficient (Wildman–Crippen LogP) is 5.27. The van der Waals surface area contributed by atoms with Gasteiger partial charge in [0, 0.05) is 15.5 Å². The minimum absolute atomic E-state index is 0.313. The van der Waals surface area contributed by atoms with Crippen LogP contribution in [0, 0.1) is 5.82 Å². The Morgan fingerprint density at radius 3 is 2.56 bits per heavy atom. The molecule has 1 atom stereocenters. The van der Waals surface area contributed by atoms with Crippen molar-refractivity contribution in [1.29, 1.82) is 0 Å². The molecule has 0 bridgehead atoms. The molecule has 1 aromatic heterocycles. The maximum Gasteiger partial charge on any atom is 0.129 e. The fraction of sp³-hybridized carbons (Fsp3) is 0.167. The molecule has 6 heteroatoms. The van der Waals surface area contributed by atoms with E-state index in [1.54, 1.807) is 25.2 Å². The summed E-state index contributed by atoms with van der Waals surface area (Å²) in [5.41, 5.74) is 0.437. The molecule has 0 saturated heterocycles. The highest BCUT2D eigenvalue weighted by molar-refractivity contribution is 9.11. The highest BCUT2D eigenvalue weighted by Gasteiger charge is 2.22. The van der Waals surface area contributed by atoms with Crippen molar-refractivity contribution in [2.24, 2.45) is 0 Å². The molecular weight excluding hydrogens is 360 g/mol. The zero-order chi connectivity index (χ0) is 13.3. The van der Waals surface area contributed by atoms with Gasteiger partial charge in [0.2, 0.25) is 0 Å². The molecule has 0 amide bonds. The first kappa shape index (κ1) is 14.3. The predicted molar refractivity (Wildman–Crippen MR) is 79.3 cm³/mol. The van der Waals surface area contributed by atoms with Gasteiger partial charge in [0.25, 0.3) is 0 Å². The zero-order valence-corrected chi connectivity index (χ0v) is 13.2. The smallest absolute Gasteiger partial charge is 0.129 e. The van der Waals surface area contributed by atoms with Crippen molar-refractivity contribution in [2.45, 2.75) is 6.04 Å². The molecule has 1 aromatic carbocycles. The molecule has 1 unspecified atom stereocenters. The summed E-state index contributed by atoms with van der Waals surface area (Å²) in [6.07, 6.45) is 0. The quantitative estimate of drug-likeness (QED) is 0.778. The van der Waals surface area contributed by atoms with Gasteiger partial charge in [-0.25, -0.2) is 4.39 Å². The lowest BCUT2D eigenvalue weighted by Crippen LogP contribution is -2.18. The van der Waals surface area contributed by atoms with Gasteiger partial charge in [0.15, 0.2) is 0 Å². The Balaban J connectivity index is 2.52. The van der Waals surface area contributed by atoms with E-state index in [2.05, 4.69) is 21.2 Å². The Hall–Kier alpha value is -0.130. The third-order valence-electron chi connectivity index (χ3n) is 2.53. The molecule has 1 N–H and O–H groups in total. The van der Waals surface area contributed by atoms with Crippen LogP contribution in [0.2, 0.25) is 10.0 Å². The average molecular weight is 369 g/mol. The van der Waals surface area contributed by atoms with Gasteiger partial charge in [-0.1, -0.05) is 29.3 Å². The first-order valence-electron chi connectivity index (χ1n) is 5.10. The fourth-order valence-corrected chi connectivity index (χ4v) is 3.86. The first-order valence-corrected chi connectivity index (χ1v) is 7.47. The number of halogens is 4. The number of hydrogen-bond acceptors (Lipinski definition) is 2. The highest BCUT2D eigenvalue weighted by Crippen LogP contribution is 2.39. The first-order chi connectivity index (χ1) is 8.54. The van der Waals surface area contributed by atoms with Crippen LogP contribution in [-0.2, 0) is 0 Å². The van der Waals surface area contributed by atoms with Crippen LogP contribution in [0.5, 0.6) is 0 Å². The summed E-state index contributed by atoms with van der Waals surface area (Å²) in [6.45, 7) is 0. The molecule has 96 valence electrons. The van der Waals surface area contributed by atoms with Crippen LogP contribution in [-0.4, -0.2) is 7.05 Å². The molecule has 0 saturated carbocycles. The molecule has 0 fully saturated rings. The molecule has 2 rings (SSSR count). The van der Waals surface area contributed by atoms with Gasteiger partial charge in [-0.2, -0.15) is 0 Å². The number of thiophene rings is 1. The van der Waals surface area contributed by atoms with Gasteiger partial charge in [0.05, 0.1) is 14.9 Å². The molecule has 0 radical (unpaired) electrons. The largest absolute Gasteiger partial charge is 0.309 e. The monoisotopic (exact) mass is 367 g/mol. The summed E-state index contributed by atoms with van der Waals surface area (Å²) in [4.78, 5) is 0.904. The Labute approximate surface area is 127 Å². The van der Waals surface area contributed by atoms with Crippen molar-refractivity contribution in [1.82, 2.24) is 5.32 Å². The summed E-state index contributed by atoms with van der Waals surface area (Å²) in [6, 6.07) is 6.16. The summed E-state index contributed by atoms with van der Waals surface area (Å²) in [5, 5.41) is 4.08. The minimum Gasteiger partial charge on any atom is -0.309 e. The van der Waals surface area contributed by atoms with Gasteiger partial charge in [0.1, 0.15) is 5.82 Å². The van der Waals surface area contributed by atoms with Crippen molar-refractivity contribution in [2.75, 3.05) is 7.05 Å². The van der Waals surface area contributed by atoms with Gasteiger partial charge >= 0.3 is 0 Å². The zero-order valence-electron chi connectivity index (χ0n) is 9.31. The SMILES string of the molecule is CNC(c1cc(Cl)c(Br)s1)c1c(F)cccc1Cl. The van der Waals surface area contributed by atoms with E-state index < -0.39 is 0 Å². The molecule has 0 spiro atoms. The van der Waals surface area contributed by atoms with Crippen molar-refractivity contribution < 1.29 is 4.39 Å². The van der Waals surface area contributed by atoms with Crippen molar-refractivity contribution in [3.63, 3.8) is 0 Å². The van der Waals surface area contributed by atoms with Crippen molar-refractivity contribution in [3.8, 4) is 0 Å². The Morgan fingerprint density at radius 1 is 1.33 bits per heavy atom. The number of hydrogen-bond donors (Lipinski definition) is 1. The van der Waals surface area contributed by atoms with Crippen LogP contribution >= 0.6 is 50.5 Å². The molecule has 18 heavy (non-hydrogen) atoms. The molecule has 0 aliphatic rings. The van der Waals surface area contributed by atoms with Crippen molar-refractivity contribution >= 4 is 50.5 Å². The number of nitrogens with one attached hydrogen (secondary N) is 1. The summed E-state index contributed by atoms with van der Waals surface area (Å²) >= 11 is 16.9. The second kappa shape index (κ2) is 5.88. The van der Waals surface area contributed by atoms with E-state index in [0.29, 0.717) is 15.6 Å². The van der Waals surface area contributed by atoms with E-state index in [9.17, 15) is 4.39 Å². The topological polar surface area (TPSA) is 12.0 Å². The van der Waals surface area contributed by atoms with Crippen LogP contribution in [0.4, 0.5) is 4.39 Å². The lowest BCUT2D eigenvalue weighted by molar-refractivity contribution is 0.579. The standard InChI is InChI=1S/C12H9BrCl2FNS/c1-17-11(9-5-7(15)12(13)18-9)10-6(14)3-2-4-8(10)16/h2-5,11,17H,1H3. The van der Waals surface area contributed by atoms with E-state index in [1.165, 1.54) is 17.4 Å². The minimum atomic E-state index is -0.331. The Bertz CT molecular complexity index is 533. The summed E-state index contributed by atoms with van der Waals surface area (Å²) < 4.78 is 14.7. The molecule has 1 nitrogen and oxygen atoms in total. The Kier molecular flexibility index (Phi) is 4.67. The third-order valence-corrected chi connectivity index (χ3v) is 5.39. The molecule has 2 aromatic rings. The number of rotatable bonds is 3. The van der Waals surface area contributed by atoms with E-state index >= 15 is 0 Å². The lowest BCUT2D eigenvalue weighted by Gasteiger charge is -2.17. The molecule has 0 aliphatic carbocycles. The summed E-state index contributed by atoms with van der Waals surface area (Å²) in [5.74, 6) is -0.331. The van der Waals surface area contributed by atoms with E-state index in [-0.39, 0.29) is 11.9 Å². The summed E-state index contributed by atoms with van der Waals surface area (Å²) in [7, 11) is 1.76. The van der Waals surface area contributed by atoms with E-state index in [1.807, 2.05) is 0 Å². The van der Waals surface area contributed by atoms with Crippen LogP contribution in [0.3, 0.4) is 0 Å². The molecular formula is C12H9BrCl2FNS. The van der Waals surface area contributed by atoms with E-state index in [0.717, 1.165) is 8.66 Å². The lowest BCUT2D eigenvalue weighted by atomic mass is 10.0. The normalized spacial score (nSPS) is 12.7. The van der Waals surface area contributed by atoms with Crippen LogP contribution in [0.1, 0.15) is 16.5 Å². The Morgan fingerprint density at radius 2 is 2.06 bits per heavy atom. The third kappa shape index (κ3) is 2.73. The highest BCUT2D eigenvalue weighted by atomic mass is 79.9. The van der Waals surface area contributed by atoms with Crippen molar-refractivity contribution in [3.05, 3.63) is 54.4 Å². The average Bonchev–Trinajstić information content (AvgIpc) is 2.64. The van der Waals surface area contributed by atoms with Crippen LogP contribution in [0.15, 0.2) is 28.1 Å². The van der Waals surface area contributed by atoms with Gasteiger partial charge in [-0.15, -0.1) is 11.3 Å². The fourth-order valence-electron chi connectivity index (χ4n) is 1.72. The van der Waals surface area contributed by atoms with Crippen LogP contribution in [0.25, 0.3) is 0 Å². The number of benzene rings is 1. The van der Waals surface area contributed by atoms with Gasteiger partial charge < -0.3 is 5.32 Å². The van der Waals surface area contributed by atoms with E-state index in [4.69, 9.17) is 23.2 Å². The molecule has 1 heterocycles. The maximum atomic E-state index is 13.9. The second-order valence-electron chi connectivity index (χ2n) is 3.63.